The number of rotatable bonds is 5. The standard InChI is InChI=1S/C21H25N3O3S/c25-21(23-13-4-5-14-23)20(17-7-2-1-3-8-17)22-18-9-11-19(12-10-18)24-15-6-16-28(24,26)27/h1-3,7-12,20,22H,4-6,13-16H2/t20-/m1/s1. The van der Waals surface area contributed by atoms with Gasteiger partial charge in [0.15, 0.2) is 0 Å². The van der Waals surface area contributed by atoms with E-state index < -0.39 is 16.1 Å². The van der Waals surface area contributed by atoms with Crippen LogP contribution in [0.15, 0.2) is 54.6 Å². The quantitative estimate of drug-likeness (QED) is 0.839. The van der Waals surface area contributed by atoms with Gasteiger partial charge in [0.1, 0.15) is 6.04 Å². The van der Waals surface area contributed by atoms with Gasteiger partial charge >= 0.3 is 0 Å². The van der Waals surface area contributed by atoms with Crippen LogP contribution in [0.25, 0.3) is 0 Å². The van der Waals surface area contributed by atoms with E-state index >= 15 is 0 Å². The van der Waals surface area contributed by atoms with Crippen molar-refractivity contribution in [3.63, 3.8) is 0 Å². The topological polar surface area (TPSA) is 69.7 Å². The zero-order valence-corrected chi connectivity index (χ0v) is 16.6. The average Bonchev–Trinajstić information content (AvgIpc) is 3.36. The molecule has 1 atom stereocenters. The first-order valence-corrected chi connectivity index (χ1v) is 11.4. The number of hydrogen-bond donors (Lipinski definition) is 1. The average molecular weight is 400 g/mol. The minimum absolute atomic E-state index is 0.0786. The molecule has 0 spiro atoms. The first-order chi connectivity index (χ1) is 13.5. The maximum Gasteiger partial charge on any atom is 0.249 e. The van der Waals surface area contributed by atoms with Crippen LogP contribution >= 0.6 is 0 Å². The summed E-state index contributed by atoms with van der Waals surface area (Å²) in [5.74, 6) is 0.280. The molecule has 6 nitrogen and oxygen atoms in total. The van der Waals surface area contributed by atoms with Gasteiger partial charge in [-0.1, -0.05) is 30.3 Å². The van der Waals surface area contributed by atoms with Gasteiger partial charge in [-0.25, -0.2) is 8.42 Å². The number of sulfonamides is 1. The van der Waals surface area contributed by atoms with E-state index in [2.05, 4.69) is 5.32 Å². The number of anilines is 2. The summed E-state index contributed by atoms with van der Waals surface area (Å²) in [6, 6.07) is 16.5. The predicted molar refractivity (Wildman–Crippen MR) is 111 cm³/mol. The highest BCUT2D eigenvalue weighted by Crippen LogP contribution is 2.28. The van der Waals surface area contributed by atoms with Crippen molar-refractivity contribution >= 4 is 27.3 Å². The lowest BCUT2D eigenvalue weighted by molar-refractivity contribution is -0.131. The van der Waals surface area contributed by atoms with Gasteiger partial charge < -0.3 is 10.2 Å². The van der Waals surface area contributed by atoms with Gasteiger partial charge in [-0.3, -0.25) is 9.10 Å². The molecule has 2 aliphatic rings. The highest BCUT2D eigenvalue weighted by molar-refractivity contribution is 7.93. The summed E-state index contributed by atoms with van der Waals surface area (Å²) in [5.41, 5.74) is 2.39. The second kappa shape index (κ2) is 7.83. The Bertz CT molecular complexity index is 923. The fourth-order valence-electron chi connectivity index (χ4n) is 3.87. The van der Waals surface area contributed by atoms with Crippen molar-refractivity contribution in [2.75, 3.05) is 35.0 Å². The summed E-state index contributed by atoms with van der Waals surface area (Å²) >= 11 is 0. The third-order valence-corrected chi connectivity index (χ3v) is 7.23. The molecule has 0 aliphatic carbocycles. The molecule has 0 saturated carbocycles. The molecule has 0 radical (unpaired) electrons. The van der Waals surface area contributed by atoms with E-state index in [9.17, 15) is 13.2 Å². The minimum atomic E-state index is -3.19. The predicted octanol–water partition coefficient (Wildman–Crippen LogP) is 3.00. The zero-order valence-electron chi connectivity index (χ0n) is 15.8. The first kappa shape index (κ1) is 18.8. The molecule has 2 saturated heterocycles. The molecule has 2 aliphatic heterocycles. The van der Waals surface area contributed by atoms with E-state index in [0.29, 0.717) is 18.7 Å². The molecule has 0 aromatic heterocycles. The van der Waals surface area contributed by atoms with Crippen LogP contribution in [0.4, 0.5) is 11.4 Å². The largest absolute Gasteiger partial charge is 0.370 e. The van der Waals surface area contributed by atoms with Crippen LogP contribution in [0.5, 0.6) is 0 Å². The molecule has 28 heavy (non-hydrogen) atoms. The van der Waals surface area contributed by atoms with E-state index in [0.717, 1.165) is 37.2 Å². The van der Waals surface area contributed by atoms with Crippen molar-refractivity contribution in [2.45, 2.75) is 25.3 Å². The number of hydrogen-bond acceptors (Lipinski definition) is 4. The number of amides is 1. The van der Waals surface area contributed by atoms with Crippen LogP contribution in [0.2, 0.25) is 0 Å². The molecular formula is C21H25N3O3S. The second-order valence-electron chi connectivity index (χ2n) is 7.31. The van der Waals surface area contributed by atoms with E-state index in [1.165, 1.54) is 4.31 Å². The highest BCUT2D eigenvalue weighted by atomic mass is 32.2. The summed E-state index contributed by atoms with van der Waals surface area (Å²) in [5, 5.41) is 3.35. The maximum atomic E-state index is 13.1. The van der Waals surface area contributed by atoms with Crippen molar-refractivity contribution in [3.05, 3.63) is 60.2 Å². The lowest BCUT2D eigenvalue weighted by Gasteiger charge is -2.25. The fraction of sp³-hybridized carbons (Fsp3) is 0.381. The number of likely N-dealkylation sites (tertiary alicyclic amines) is 1. The molecule has 2 aromatic rings. The third-order valence-electron chi connectivity index (χ3n) is 5.36. The fourth-order valence-corrected chi connectivity index (χ4v) is 5.44. The molecule has 0 bridgehead atoms. The summed E-state index contributed by atoms with van der Waals surface area (Å²) in [6.07, 6.45) is 2.75. The van der Waals surface area contributed by atoms with Crippen molar-refractivity contribution in [3.8, 4) is 0 Å². The summed E-state index contributed by atoms with van der Waals surface area (Å²) in [7, 11) is -3.19. The summed E-state index contributed by atoms with van der Waals surface area (Å²) in [6.45, 7) is 2.13. The second-order valence-corrected chi connectivity index (χ2v) is 9.32. The van der Waals surface area contributed by atoms with Crippen molar-refractivity contribution < 1.29 is 13.2 Å². The van der Waals surface area contributed by atoms with Gasteiger partial charge in [0.05, 0.1) is 11.4 Å². The van der Waals surface area contributed by atoms with Crippen LogP contribution in [0, 0.1) is 0 Å². The third kappa shape index (κ3) is 3.85. The van der Waals surface area contributed by atoms with Crippen LogP contribution in [0.3, 0.4) is 0 Å². The van der Waals surface area contributed by atoms with Gasteiger partial charge in [-0.15, -0.1) is 0 Å². The van der Waals surface area contributed by atoms with Gasteiger partial charge in [0, 0.05) is 25.3 Å². The molecule has 2 fully saturated rings. The lowest BCUT2D eigenvalue weighted by atomic mass is 10.0. The Morgan fingerprint density at radius 1 is 0.893 bits per heavy atom. The molecule has 1 N–H and O–H groups in total. The number of carbonyl (C=O) groups excluding carboxylic acids is 1. The van der Waals surface area contributed by atoms with Crippen LogP contribution in [0.1, 0.15) is 30.9 Å². The summed E-state index contributed by atoms with van der Waals surface area (Å²) < 4.78 is 25.7. The Kier molecular flexibility index (Phi) is 5.26. The van der Waals surface area contributed by atoms with Crippen molar-refractivity contribution in [2.24, 2.45) is 0 Å². The van der Waals surface area contributed by atoms with Gasteiger partial charge in [-0.2, -0.15) is 0 Å². The van der Waals surface area contributed by atoms with Crippen molar-refractivity contribution in [1.29, 1.82) is 0 Å². The minimum Gasteiger partial charge on any atom is -0.370 e. The van der Waals surface area contributed by atoms with E-state index in [-0.39, 0.29) is 11.7 Å². The molecular weight excluding hydrogens is 374 g/mol. The highest BCUT2D eigenvalue weighted by Gasteiger charge is 2.29. The molecule has 7 heteroatoms. The lowest BCUT2D eigenvalue weighted by Crippen LogP contribution is -2.36. The van der Waals surface area contributed by atoms with Gasteiger partial charge in [0.2, 0.25) is 15.9 Å². The Balaban J connectivity index is 1.56. The smallest absolute Gasteiger partial charge is 0.249 e. The molecule has 2 heterocycles. The number of nitrogens with one attached hydrogen (secondary N) is 1. The maximum absolute atomic E-state index is 13.1. The van der Waals surface area contributed by atoms with Gasteiger partial charge in [0.25, 0.3) is 0 Å². The Hall–Kier alpha value is -2.54. The number of carbonyl (C=O) groups is 1. The monoisotopic (exact) mass is 399 g/mol. The van der Waals surface area contributed by atoms with Crippen molar-refractivity contribution in [1.82, 2.24) is 4.90 Å². The van der Waals surface area contributed by atoms with E-state index in [4.69, 9.17) is 0 Å². The zero-order chi connectivity index (χ0) is 19.6. The number of benzene rings is 2. The van der Waals surface area contributed by atoms with Crippen LogP contribution in [-0.2, 0) is 14.8 Å². The normalized spacial score (nSPS) is 19.6. The van der Waals surface area contributed by atoms with Crippen LogP contribution in [-0.4, -0.2) is 44.6 Å². The van der Waals surface area contributed by atoms with E-state index in [1.54, 1.807) is 12.1 Å². The molecule has 148 valence electrons. The molecule has 2 aromatic carbocycles. The Morgan fingerprint density at radius 2 is 1.57 bits per heavy atom. The van der Waals surface area contributed by atoms with Crippen LogP contribution < -0.4 is 9.62 Å². The molecule has 1 amide bonds. The first-order valence-electron chi connectivity index (χ1n) is 9.75. The number of nitrogens with zero attached hydrogens (tertiary/aromatic N) is 2. The summed E-state index contributed by atoms with van der Waals surface area (Å²) in [4.78, 5) is 15.0. The molecule has 0 unspecified atom stereocenters. The van der Waals surface area contributed by atoms with Gasteiger partial charge in [-0.05, 0) is 49.1 Å². The SMILES string of the molecule is O=C([C@H](Nc1ccc(N2CCCS2(=O)=O)cc1)c1ccccc1)N1CCCC1. The Morgan fingerprint density at radius 3 is 2.18 bits per heavy atom. The molecule has 4 rings (SSSR count). The van der Waals surface area contributed by atoms with E-state index in [1.807, 2.05) is 47.4 Å². The Labute approximate surface area is 166 Å².